The first-order valence-corrected chi connectivity index (χ1v) is 8.70. The fourth-order valence-corrected chi connectivity index (χ4v) is 3.47. The molecule has 25 heavy (non-hydrogen) atoms. The van der Waals surface area contributed by atoms with Gasteiger partial charge >= 0.3 is 0 Å². The van der Waals surface area contributed by atoms with Crippen LogP contribution in [0.15, 0.2) is 42.5 Å². The van der Waals surface area contributed by atoms with Gasteiger partial charge in [-0.2, -0.15) is 0 Å². The smallest absolute Gasteiger partial charge is 0.231 e. The van der Waals surface area contributed by atoms with Gasteiger partial charge in [-0.05, 0) is 17.7 Å². The average Bonchev–Trinajstić information content (AvgIpc) is 3.22. The van der Waals surface area contributed by atoms with Crippen molar-refractivity contribution in [3.63, 3.8) is 0 Å². The summed E-state index contributed by atoms with van der Waals surface area (Å²) in [7, 11) is 0. The molecule has 1 saturated heterocycles. The van der Waals surface area contributed by atoms with Crippen LogP contribution in [0.1, 0.15) is 17.5 Å². The molecule has 1 N–H and O–H groups in total. The lowest BCUT2D eigenvalue weighted by Crippen LogP contribution is -2.32. The maximum Gasteiger partial charge on any atom is 0.231 e. The first-order valence-electron chi connectivity index (χ1n) is 8.33. The van der Waals surface area contributed by atoms with Crippen molar-refractivity contribution < 1.29 is 14.3 Å². The Bertz CT molecular complexity index is 796. The second kappa shape index (κ2) is 6.94. The number of fused-ring (bicyclic) bond motifs is 1. The van der Waals surface area contributed by atoms with Gasteiger partial charge in [0.1, 0.15) is 0 Å². The molecule has 130 valence electrons. The van der Waals surface area contributed by atoms with Gasteiger partial charge in [-0.1, -0.05) is 41.9 Å². The second-order valence-corrected chi connectivity index (χ2v) is 6.71. The Hall–Kier alpha value is -2.24. The Balaban J connectivity index is 1.37. The molecular formula is C19H19ClN2O3. The van der Waals surface area contributed by atoms with Gasteiger partial charge in [0, 0.05) is 42.7 Å². The van der Waals surface area contributed by atoms with Crippen LogP contribution in [-0.4, -0.2) is 30.2 Å². The lowest BCUT2D eigenvalue weighted by molar-refractivity contribution is -0.128. The first-order chi connectivity index (χ1) is 12.2. The molecule has 1 fully saturated rings. The van der Waals surface area contributed by atoms with Gasteiger partial charge < -0.3 is 19.7 Å². The molecule has 0 aromatic heterocycles. The fourth-order valence-electron chi connectivity index (χ4n) is 3.28. The highest BCUT2D eigenvalue weighted by atomic mass is 35.5. The third-order valence-corrected chi connectivity index (χ3v) is 4.96. The van der Waals surface area contributed by atoms with E-state index in [0.717, 1.165) is 22.6 Å². The number of hydrogen-bond acceptors (Lipinski definition) is 4. The summed E-state index contributed by atoms with van der Waals surface area (Å²) < 4.78 is 10.9. The zero-order valence-electron chi connectivity index (χ0n) is 13.7. The van der Waals surface area contributed by atoms with Crippen molar-refractivity contribution in [2.24, 2.45) is 0 Å². The molecule has 0 bridgehead atoms. The molecule has 0 aliphatic carbocycles. The quantitative estimate of drug-likeness (QED) is 0.892. The minimum atomic E-state index is 0.119. The maximum absolute atomic E-state index is 12.3. The number of likely N-dealkylation sites (tertiary alicyclic amines) is 1. The Morgan fingerprint density at radius 3 is 2.84 bits per heavy atom. The summed E-state index contributed by atoms with van der Waals surface area (Å²) >= 11 is 6.20. The van der Waals surface area contributed by atoms with Gasteiger partial charge in [-0.3, -0.25) is 4.79 Å². The molecule has 4 rings (SSSR count). The van der Waals surface area contributed by atoms with E-state index in [0.29, 0.717) is 31.1 Å². The van der Waals surface area contributed by atoms with Crippen LogP contribution in [0.25, 0.3) is 0 Å². The van der Waals surface area contributed by atoms with E-state index in [1.807, 2.05) is 47.4 Å². The minimum Gasteiger partial charge on any atom is -0.454 e. The van der Waals surface area contributed by atoms with E-state index in [-0.39, 0.29) is 18.7 Å². The summed E-state index contributed by atoms with van der Waals surface area (Å²) in [6, 6.07) is 13.6. The molecule has 2 aromatic rings. The van der Waals surface area contributed by atoms with E-state index in [9.17, 15) is 4.79 Å². The summed E-state index contributed by atoms with van der Waals surface area (Å²) in [4.78, 5) is 14.2. The van der Waals surface area contributed by atoms with Gasteiger partial charge in [0.25, 0.3) is 0 Å². The summed E-state index contributed by atoms with van der Waals surface area (Å²) in [5, 5.41) is 4.16. The van der Waals surface area contributed by atoms with Crippen molar-refractivity contribution in [2.75, 3.05) is 13.3 Å². The predicted octanol–water partition coefficient (Wildman–Crippen LogP) is 2.96. The largest absolute Gasteiger partial charge is 0.454 e. The zero-order valence-corrected chi connectivity index (χ0v) is 14.5. The van der Waals surface area contributed by atoms with E-state index < -0.39 is 0 Å². The van der Waals surface area contributed by atoms with E-state index in [4.69, 9.17) is 21.1 Å². The highest BCUT2D eigenvalue weighted by Crippen LogP contribution is 2.35. The summed E-state index contributed by atoms with van der Waals surface area (Å²) in [6.45, 7) is 2.13. The molecule has 5 nitrogen and oxygen atoms in total. The van der Waals surface area contributed by atoms with Crippen molar-refractivity contribution in [2.45, 2.75) is 25.6 Å². The van der Waals surface area contributed by atoms with Crippen LogP contribution in [0.5, 0.6) is 11.5 Å². The molecule has 1 atom stereocenters. The molecule has 6 heteroatoms. The molecule has 0 spiro atoms. The predicted molar refractivity (Wildman–Crippen MR) is 94.7 cm³/mol. The Labute approximate surface area is 151 Å². The monoisotopic (exact) mass is 358 g/mol. The number of hydrogen-bond donors (Lipinski definition) is 1. The average molecular weight is 359 g/mol. The number of nitrogens with one attached hydrogen (secondary N) is 1. The topological polar surface area (TPSA) is 50.8 Å². The number of rotatable bonds is 5. The van der Waals surface area contributed by atoms with E-state index in [2.05, 4.69) is 5.32 Å². The molecule has 1 amide bonds. The third kappa shape index (κ3) is 3.43. The fraction of sp³-hybridized carbons (Fsp3) is 0.316. The van der Waals surface area contributed by atoms with E-state index >= 15 is 0 Å². The molecule has 2 aromatic carbocycles. The lowest BCUT2D eigenvalue weighted by Gasteiger charge is -2.18. The molecule has 0 radical (unpaired) electrons. The van der Waals surface area contributed by atoms with Gasteiger partial charge in [0.05, 0.1) is 0 Å². The molecule has 0 unspecified atom stereocenters. The van der Waals surface area contributed by atoms with E-state index in [1.165, 1.54) is 0 Å². The van der Waals surface area contributed by atoms with Crippen molar-refractivity contribution in [1.29, 1.82) is 0 Å². The standard InChI is InChI=1S/C19H19ClN2O3/c20-16-6-2-1-4-14(16)10-22-11-15(8-18(22)23)21-9-13-5-3-7-17-19(13)25-12-24-17/h1-7,15,21H,8-12H2/t15-/m0/s1. The highest BCUT2D eigenvalue weighted by Gasteiger charge is 2.30. The maximum atomic E-state index is 12.3. The number of halogens is 1. The van der Waals surface area contributed by atoms with Crippen LogP contribution in [0.3, 0.4) is 0 Å². The Kier molecular flexibility index (Phi) is 4.51. The summed E-state index contributed by atoms with van der Waals surface area (Å²) in [5.41, 5.74) is 2.02. The lowest BCUT2D eigenvalue weighted by atomic mass is 10.1. The van der Waals surface area contributed by atoms with Crippen LogP contribution >= 0.6 is 11.6 Å². The van der Waals surface area contributed by atoms with E-state index in [1.54, 1.807) is 0 Å². The number of nitrogens with zero attached hydrogens (tertiary/aromatic N) is 1. The Morgan fingerprint density at radius 1 is 1.12 bits per heavy atom. The van der Waals surface area contributed by atoms with Gasteiger partial charge in [-0.25, -0.2) is 0 Å². The highest BCUT2D eigenvalue weighted by molar-refractivity contribution is 6.31. The molecule has 2 aliphatic heterocycles. The normalized spacial score (nSPS) is 18.8. The number of ether oxygens (including phenoxy) is 2. The number of para-hydroxylation sites is 1. The van der Waals surface area contributed by atoms with Crippen LogP contribution in [-0.2, 0) is 17.9 Å². The Morgan fingerprint density at radius 2 is 1.96 bits per heavy atom. The van der Waals surface area contributed by atoms with Gasteiger partial charge in [-0.15, -0.1) is 0 Å². The van der Waals surface area contributed by atoms with Crippen LogP contribution in [0.2, 0.25) is 5.02 Å². The summed E-state index contributed by atoms with van der Waals surface area (Å²) in [6.07, 6.45) is 0.497. The van der Waals surface area contributed by atoms with Crippen molar-refractivity contribution in [1.82, 2.24) is 10.2 Å². The zero-order chi connectivity index (χ0) is 17.2. The van der Waals surface area contributed by atoms with Crippen LogP contribution < -0.4 is 14.8 Å². The number of amides is 1. The van der Waals surface area contributed by atoms with Crippen molar-refractivity contribution in [3.8, 4) is 11.5 Å². The summed E-state index contributed by atoms with van der Waals surface area (Å²) in [5.74, 6) is 1.73. The van der Waals surface area contributed by atoms with Crippen molar-refractivity contribution >= 4 is 17.5 Å². The van der Waals surface area contributed by atoms with Crippen molar-refractivity contribution in [3.05, 3.63) is 58.6 Å². The molecular weight excluding hydrogens is 340 g/mol. The molecule has 2 heterocycles. The van der Waals surface area contributed by atoms with Gasteiger partial charge in [0.2, 0.25) is 12.7 Å². The molecule has 0 saturated carbocycles. The number of carbonyl (C=O) groups is 1. The second-order valence-electron chi connectivity index (χ2n) is 6.30. The van der Waals surface area contributed by atoms with Gasteiger partial charge in [0.15, 0.2) is 11.5 Å². The van der Waals surface area contributed by atoms with Crippen LogP contribution in [0.4, 0.5) is 0 Å². The number of benzene rings is 2. The third-order valence-electron chi connectivity index (χ3n) is 4.59. The first kappa shape index (κ1) is 16.2. The number of carbonyl (C=O) groups excluding carboxylic acids is 1. The minimum absolute atomic E-state index is 0.119. The molecule has 2 aliphatic rings. The SMILES string of the molecule is O=C1C[C@H](NCc2cccc3c2OCO3)CN1Cc1ccccc1Cl. The van der Waals surface area contributed by atoms with Crippen LogP contribution in [0, 0.1) is 0 Å².